The summed E-state index contributed by atoms with van der Waals surface area (Å²) in [5.41, 5.74) is 2.90. The van der Waals surface area contributed by atoms with Crippen LogP contribution in [0.15, 0.2) is 18.3 Å². The average Bonchev–Trinajstić information content (AvgIpc) is 3.12. The molecule has 0 amide bonds. The maximum atomic E-state index is 12.4. The molecule has 0 aromatic carbocycles. The summed E-state index contributed by atoms with van der Waals surface area (Å²) in [7, 11) is 3.56. The first kappa shape index (κ1) is 17.9. The second-order valence-electron chi connectivity index (χ2n) is 7.23. The SMILES string of the molecule is COc1ccnc(-c2nc3c(c(N(C)CC(=O)CC4COC4)n2)CCC3)c1. The Hall–Kier alpha value is -2.54. The van der Waals surface area contributed by atoms with Gasteiger partial charge in [-0.25, -0.2) is 9.97 Å². The van der Waals surface area contributed by atoms with Crippen molar-refractivity contribution in [2.45, 2.75) is 25.7 Å². The van der Waals surface area contributed by atoms with Crippen molar-refractivity contribution in [3.8, 4) is 17.3 Å². The van der Waals surface area contributed by atoms with Crippen LogP contribution in [0.3, 0.4) is 0 Å². The van der Waals surface area contributed by atoms with Gasteiger partial charge in [0.2, 0.25) is 0 Å². The van der Waals surface area contributed by atoms with Gasteiger partial charge in [0.15, 0.2) is 11.6 Å². The van der Waals surface area contributed by atoms with Crippen LogP contribution < -0.4 is 9.64 Å². The smallest absolute Gasteiger partial charge is 0.180 e. The Bertz CT molecular complexity index is 851. The van der Waals surface area contributed by atoms with Gasteiger partial charge in [0, 0.05) is 42.9 Å². The number of aryl methyl sites for hydroxylation is 1. The van der Waals surface area contributed by atoms with Gasteiger partial charge in [-0.05, 0) is 25.3 Å². The molecule has 7 heteroatoms. The molecule has 2 aromatic rings. The number of fused-ring (bicyclic) bond motifs is 1. The van der Waals surface area contributed by atoms with Crippen LogP contribution in [0.5, 0.6) is 5.75 Å². The molecule has 1 aliphatic carbocycles. The number of hydrogen-bond donors (Lipinski definition) is 0. The third-order valence-electron chi connectivity index (χ3n) is 5.11. The Morgan fingerprint density at radius 3 is 2.93 bits per heavy atom. The summed E-state index contributed by atoms with van der Waals surface area (Å²) in [6.45, 7) is 1.75. The van der Waals surface area contributed by atoms with E-state index in [4.69, 9.17) is 19.4 Å². The quantitative estimate of drug-likeness (QED) is 0.740. The molecule has 142 valence electrons. The van der Waals surface area contributed by atoms with Gasteiger partial charge in [0.25, 0.3) is 0 Å². The van der Waals surface area contributed by atoms with Gasteiger partial charge in [-0.15, -0.1) is 0 Å². The highest BCUT2D eigenvalue weighted by molar-refractivity contribution is 5.83. The Labute approximate surface area is 158 Å². The number of ketones is 1. The average molecular weight is 368 g/mol. The molecule has 1 saturated heterocycles. The number of pyridine rings is 1. The predicted octanol–water partition coefficient (Wildman–Crippen LogP) is 2.08. The van der Waals surface area contributed by atoms with Crippen LogP contribution in [0.25, 0.3) is 11.5 Å². The number of ether oxygens (including phenoxy) is 2. The number of likely N-dealkylation sites (N-methyl/N-ethyl adjacent to an activating group) is 1. The number of rotatable bonds is 7. The fourth-order valence-electron chi connectivity index (χ4n) is 3.63. The van der Waals surface area contributed by atoms with E-state index in [1.54, 1.807) is 19.4 Å². The molecule has 3 heterocycles. The molecule has 0 spiro atoms. The summed E-state index contributed by atoms with van der Waals surface area (Å²) in [4.78, 5) is 28.3. The summed E-state index contributed by atoms with van der Waals surface area (Å²) < 4.78 is 10.5. The third-order valence-corrected chi connectivity index (χ3v) is 5.11. The minimum absolute atomic E-state index is 0.220. The van der Waals surface area contributed by atoms with Crippen molar-refractivity contribution in [2.75, 3.05) is 38.8 Å². The lowest BCUT2D eigenvalue weighted by atomic mass is 10.0. The van der Waals surface area contributed by atoms with E-state index in [0.717, 1.165) is 42.1 Å². The zero-order valence-electron chi connectivity index (χ0n) is 15.8. The Morgan fingerprint density at radius 1 is 1.33 bits per heavy atom. The fraction of sp³-hybridized carbons (Fsp3) is 0.500. The number of methoxy groups -OCH3 is 1. The molecule has 2 aliphatic rings. The first-order valence-electron chi connectivity index (χ1n) is 9.35. The number of aromatic nitrogens is 3. The van der Waals surface area contributed by atoms with Gasteiger partial charge in [-0.2, -0.15) is 0 Å². The minimum atomic E-state index is 0.220. The maximum Gasteiger partial charge on any atom is 0.180 e. The van der Waals surface area contributed by atoms with Gasteiger partial charge < -0.3 is 14.4 Å². The van der Waals surface area contributed by atoms with Crippen LogP contribution in [0.4, 0.5) is 5.82 Å². The first-order valence-corrected chi connectivity index (χ1v) is 9.35. The van der Waals surface area contributed by atoms with Gasteiger partial charge >= 0.3 is 0 Å². The van der Waals surface area contributed by atoms with E-state index in [0.29, 0.717) is 43.6 Å². The molecule has 2 aromatic heterocycles. The number of hydrogen-bond acceptors (Lipinski definition) is 7. The topological polar surface area (TPSA) is 77.4 Å². The predicted molar refractivity (Wildman–Crippen MR) is 101 cm³/mol. The maximum absolute atomic E-state index is 12.4. The first-order chi connectivity index (χ1) is 13.1. The molecule has 0 atom stereocenters. The number of carbonyl (C=O) groups excluding carboxylic acids is 1. The minimum Gasteiger partial charge on any atom is -0.497 e. The molecule has 1 aliphatic heterocycles. The standard InChI is InChI=1S/C20H24N4O3/c1-24(10-14(25)8-13-11-27-12-13)20-16-4-3-5-17(16)22-19(23-20)18-9-15(26-2)6-7-21-18/h6-7,9,13H,3-5,8,10-12H2,1-2H3. The van der Waals surface area contributed by atoms with Crippen LogP contribution in [0.1, 0.15) is 24.1 Å². The molecular formula is C20H24N4O3. The van der Waals surface area contributed by atoms with E-state index < -0.39 is 0 Å². The van der Waals surface area contributed by atoms with Crippen LogP contribution in [-0.4, -0.2) is 54.7 Å². The summed E-state index contributed by atoms with van der Waals surface area (Å²) in [5, 5.41) is 0. The van der Waals surface area contributed by atoms with E-state index in [2.05, 4.69) is 4.98 Å². The zero-order chi connectivity index (χ0) is 18.8. The lowest BCUT2D eigenvalue weighted by molar-refractivity contribution is -0.123. The van der Waals surface area contributed by atoms with E-state index in [-0.39, 0.29) is 5.78 Å². The van der Waals surface area contributed by atoms with E-state index in [9.17, 15) is 4.79 Å². The van der Waals surface area contributed by atoms with Gasteiger partial charge in [-0.1, -0.05) is 0 Å². The Morgan fingerprint density at radius 2 is 2.19 bits per heavy atom. The van der Waals surface area contributed by atoms with Crippen LogP contribution in [-0.2, 0) is 22.4 Å². The van der Waals surface area contributed by atoms with Crippen LogP contribution >= 0.6 is 0 Å². The monoisotopic (exact) mass is 368 g/mol. The summed E-state index contributed by atoms with van der Waals surface area (Å²) in [5.74, 6) is 2.74. The summed E-state index contributed by atoms with van der Waals surface area (Å²) >= 11 is 0. The highest BCUT2D eigenvalue weighted by atomic mass is 16.5. The molecular weight excluding hydrogens is 344 g/mol. The van der Waals surface area contributed by atoms with E-state index in [1.165, 1.54) is 0 Å². The molecule has 7 nitrogen and oxygen atoms in total. The van der Waals surface area contributed by atoms with Gasteiger partial charge in [0.1, 0.15) is 17.3 Å². The number of Topliss-reactive ketones (excluding diaryl/α,β-unsaturated/α-hetero) is 1. The molecule has 4 rings (SSSR count). The highest BCUT2D eigenvalue weighted by Crippen LogP contribution is 2.31. The lowest BCUT2D eigenvalue weighted by Crippen LogP contribution is -2.34. The molecule has 0 unspecified atom stereocenters. The molecule has 0 saturated carbocycles. The third kappa shape index (κ3) is 3.78. The van der Waals surface area contributed by atoms with Crippen molar-refractivity contribution in [1.82, 2.24) is 15.0 Å². The van der Waals surface area contributed by atoms with Gasteiger partial charge in [-0.3, -0.25) is 9.78 Å². The Kier molecular flexibility index (Phi) is 5.03. The highest BCUT2D eigenvalue weighted by Gasteiger charge is 2.25. The molecule has 0 radical (unpaired) electrons. The van der Waals surface area contributed by atoms with Crippen molar-refractivity contribution in [2.24, 2.45) is 5.92 Å². The van der Waals surface area contributed by atoms with Crippen LogP contribution in [0.2, 0.25) is 0 Å². The van der Waals surface area contributed by atoms with Crippen molar-refractivity contribution in [3.63, 3.8) is 0 Å². The van der Waals surface area contributed by atoms with Crippen molar-refractivity contribution in [1.29, 1.82) is 0 Å². The largest absolute Gasteiger partial charge is 0.497 e. The van der Waals surface area contributed by atoms with Crippen molar-refractivity contribution in [3.05, 3.63) is 29.6 Å². The number of nitrogens with zero attached hydrogens (tertiary/aromatic N) is 4. The number of anilines is 1. The normalized spacial score (nSPS) is 15.9. The number of carbonyl (C=O) groups is 1. The molecule has 0 bridgehead atoms. The van der Waals surface area contributed by atoms with Crippen molar-refractivity contribution >= 4 is 11.6 Å². The summed E-state index contributed by atoms with van der Waals surface area (Å²) in [6, 6.07) is 3.63. The fourth-order valence-corrected chi connectivity index (χ4v) is 3.63. The molecule has 1 fully saturated rings. The second-order valence-corrected chi connectivity index (χ2v) is 7.23. The van der Waals surface area contributed by atoms with Crippen LogP contribution in [0, 0.1) is 5.92 Å². The second kappa shape index (κ2) is 7.60. The van der Waals surface area contributed by atoms with E-state index in [1.807, 2.05) is 18.0 Å². The summed E-state index contributed by atoms with van der Waals surface area (Å²) in [6.07, 6.45) is 5.21. The molecule has 27 heavy (non-hydrogen) atoms. The van der Waals surface area contributed by atoms with Gasteiger partial charge in [0.05, 0.1) is 26.9 Å². The van der Waals surface area contributed by atoms with Crippen molar-refractivity contribution < 1.29 is 14.3 Å². The molecule has 0 N–H and O–H groups in total. The zero-order valence-corrected chi connectivity index (χ0v) is 15.8. The van der Waals surface area contributed by atoms with E-state index >= 15 is 0 Å². The Balaban J connectivity index is 1.61. The lowest BCUT2D eigenvalue weighted by Gasteiger charge is -2.26.